The maximum atomic E-state index is 3.22. The zero-order valence-electron chi connectivity index (χ0n) is 14.9. The molecule has 3 aromatic rings. The highest BCUT2D eigenvalue weighted by atomic mass is 31.0. The summed E-state index contributed by atoms with van der Waals surface area (Å²) in [5, 5.41) is 0.137. The van der Waals surface area contributed by atoms with Crippen molar-refractivity contribution in [1.82, 2.24) is 0 Å². The highest BCUT2D eigenvalue weighted by molar-refractivity contribution is 7.19. The predicted molar refractivity (Wildman–Crippen MR) is 112 cm³/mol. The Labute approximate surface area is 154 Å². The van der Waals surface area contributed by atoms with E-state index in [1.54, 1.807) is 0 Å². The van der Waals surface area contributed by atoms with Crippen LogP contribution in [0.15, 0.2) is 91.0 Å². The second kappa shape index (κ2) is 8.45. The smallest absolute Gasteiger partial charge is 0.00411 e. The Morgan fingerprint density at radius 1 is 0.640 bits per heavy atom. The van der Waals surface area contributed by atoms with E-state index in [2.05, 4.69) is 107 Å². The van der Waals surface area contributed by atoms with Crippen LogP contribution in [0.1, 0.15) is 23.6 Å². The van der Waals surface area contributed by atoms with Gasteiger partial charge in [0.25, 0.3) is 0 Å². The van der Waals surface area contributed by atoms with Gasteiger partial charge in [0.15, 0.2) is 0 Å². The molecule has 3 rings (SSSR count). The molecule has 0 spiro atoms. The van der Waals surface area contributed by atoms with Crippen LogP contribution in [0.4, 0.5) is 0 Å². The molecule has 25 heavy (non-hydrogen) atoms. The lowest BCUT2D eigenvalue weighted by Gasteiger charge is -2.36. The van der Waals surface area contributed by atoms with Crippen LogP contribution in [0.3, 0.4) is 0 Å². The van der Waals surface area contributed by atoms with Gasteiger partial charge in [-0.15, -0.1) is 9.24 Å². The molecule has 128 valence electrons. The third kappa shape index (κ3) is 5.03. The molecule has 0 saturated carbocycles. The van der Waals surface area contributed by atoms with Crippen LogP contribution in [0, 0.1) is 5.92 Å². The molecule has 0 heterocycles. The average Bonchev–Trinajstić information content (AvgIpc) is 2.64. The second-order valence-electron chi connectivity index (χ2n) is 7.15. The Balaban J connectivity index is 1.84. The van der Waals surface area contributed by atoms with Crippen LogP contribution in [-0.4, -0.2) is 5.16 Å². The van der Waals surface area contributed by atoms with Crippen molar-refractivity contribution in [3.63, 3.8) is 0 Å². The largest absolute Gasteiger partial charge is 0.130 e. The molecule has 0 bridgehead atoms. The lowest BCUT2D eigenvalue weighted by atomic mass is 9.79. The summed E-state index contributed by atoms with van der Waals surface area (Å²) in [6.07, 6.45) is 3.24. The molecule has 0 aliphatic heterocycles. The minimum absolute atomic E-state index is 0.137. The molecular weight excluding hydrogens is 319 g/mol. The molecular formula is C24H27P. The van der Waals surface area contributed by atoms with Crippen molar-refractivity contribution in [2.45, 2.75) is 31.3 Å². The summed E-state index contributed by atoms with van der Waals surface area (Å²) in [5.41, 5.74) is 4.24. The van der Waals surface area contributed by atoms with Gasteiger partial charge in [-0.05, 0) is 47.0 Å². The minimum atomic E-state index is 0.137. The van der Waals surface area contributed by atoms with E-state index in [1.807, 2.05) is 0 Å². The summed E-state index contributed by atoms with van der Waals surface area (Å²) in [5.74, 6) is 0.556. The van der Waals surface area contributed by atoms with Gasteiger partial charge in [0.1, 0.15) is 0 Å². The van der Waals surface area contributed by atoms with Crippen molar-refractivity contribution in [1.29, 1.82) is 0 Å². The SMILES string of the molecule is CC(Cc1ccccc1)C(P)(Cc1ccccc1)Cc1ccccc1. The Morgan fingerprint density at radius 2 is 1.00 bits per heavy atom. The maximum Gasteiger partial charge on any atom is -0.00411 e. The third-order valence-electron chi connectivity index (χ3n) is 5.12. The summed E-state index contributed by atoms with van der Waals surface area (Å²) in [6, 6.07) is 32.6. The fourth-order valence-electron chi connectivity index (χ4n) is 3.53. The predicted octanol–water partition coefficient (Wildman–Crippen LogP) is 5.96. The van der Waals surface area contributed by atoms with E-state index in [9.17, 15) is 0 Å². The van der Waals surface area contributed by atoms with Gasteiger partial charge in [-0.1, -0.05) is 97.9 Å². The van der Waals surface area contributed by atoms with Gasteiger partial charge in [-0.2, -0.15) is 0 Å². The normalized spacial score (nSPS) is 12.7. The molecule has 0 radical (unpaired) electrons. The van der Waals surface area contributed by atoms with E-state index in [1.165, 1.54) is 16.7 Å². The first-order valence-electron chi connectivity index (χ1n) is 9.06. The molecule has 0 fully saturated rings. The topological polar surface area (TPSA) is 0 Å². The highest BCUT2D eigenvalue weighted by Crippen LogP contribution is 2.37. The Bertz CT molecular complexity index is 708. The van der Waals surface area contributed by atoms with Crippen molar-refractivity contribution in [2.75, 3.05) is 0 Å². The van der Waals surface area contributed by atoms with E-state index in [0.29, 0.717) is 5.92 Å². The number of hydrogen-bond donors (Lipinski definition) is 0. The van der Waals surface area contributed by atoms with E-state index in [-0.39, 0.29) is 5.16 Å². The highest BCUT2D eigenvalue weighted by Gasteiger charge is 2.32. The Morgan fingerprint density at radius 3 is 1.40 bits per heavy atom. The van der Waals surface area contributed by atoms with Crippen molar-refractivity contribution in [3.05, 3.63) is 108 Å². The van der Waals surface area contributed by atoms with Gasteiger partial charge < -0.3 is 0 Å². The zero-order chi connectivity index (χ0) is 17.5. The van der Waals surface area contributed by atoms with Gasteiger partial charge in [-0.3, -0.25) is 0 Å². The molecule has 0 aromatic heterocycles. The lowest BCUT2D eigenvalue weighted by Crippen LogP contribution is -2.36. The molecule has 0 nitrogen and oxygen atoms in total. The quantitative estimate of drug-likeness (QED) is 0.463. The number of hydrogen-bond acceptors (Lipinski definition) is 0. The molecule has 3 aromatic carbocycles. The van der Waals surface area contributed by atoms with Crippen molar-refractivity contribution in [3.8, 4) is 0 Å². The number of benzene rings is 3. The Hall–Kier alpha value is -1.91. The minimum Gasteiger partial charge on any atom is -0.130 e. The lowest BCUT2D eigenvalue weighted by molar-refractivity contribution is 0.394. The summed E-state index contributed by atoms with van der Waals surface area (Å²) >= 11 is 0. The molecule has 0 aliphatic carbocycles. The average molecular weight is 346 g/mol. The van der Waals surface area contributed by atoms with E-state index in [0.717, 1.165) is 19.3 Å². The molecule has 2 unspecified atom stereocenters. The molecule has 0 amide bonds. The van der Waals surface area contributed by atoms with Crippen LogP contribution < -0.4 is 0 Å². The van der Waals surface area contributed by atoms with Gasteiger partial charge in [0.2, 0.25) is 0 Å². The fourth-order valence-corrected chi connectivity index (χ4v) is 4.12. The van der Waals surface area contributed by atoms with Crippen LogP contribution in [0.25, 0.3) is 0 Å². The monoisotopic (exact) mass is 346 g/mol. The van der Waals surface area contributed by atoms with Gasteiger partial charge in [-0.25, -0.2) is 0 Å². The molecule has 2 atom stereocenters. The zero-order valence-corrected chi connectivity index (χ0v) is 16.1. The van der Waals surface area contributed by atoms with Crippen LogP contribution in [0.5, 0.6) is 0 Å². The van der Waals surface area contributed by atoms with Gasteiger partial charge in [0.05, 0.1) is 0 Å². The summed E-state index contributed by atoms with van der Waals surface area (Å²) in [7, 11) is 3.22. The van der Waals surface area contributed by atoms with Gasteiger partial charge in [0, 0.05) is 0 Å². The van der Waals surface area contributed by atoms with Crippen LogP contribution >= 0.6 is 9.24 Å². The van der Waals surface area contributed by atoms with E-state index < -0.39 is 0 Å². The van der Waals surface area contributed by atoms with Gasteiger partial charge >= 0.3 is 0 Å². The second-order valence-corrected chi connectivity index (χ2v) is 8.30. The molecule has 0 N–H and O–H groups in total. The summed E-state index contributed by atoms with van der Waals surface area (Å²) in [4.78, 5) is 0. The van der Waals surface area contributed by atoms with E-state index in [4.69, 9.17) is 0 Å². The standard InChI is InChI=1S/C24H27P/c1-20(17-21-11-5-2-6-12-21)24(25,18-22-13-7-3-8-14-22)19-23-15-9-4-10-16-23/h2-16,20H,17-19,25H2,1H3. The first-order chi connectivity index (χ1) is 12.2. The summed E-state index contributed by atoms with van der Waals surface area (Å²) < 4.78 is 0. The fraction of sp³-hybridized carbons (Fsp3) is 0.250. The third-order valence-corrected chi connectivity index (χ3v) is 6.10. The molecule has 1 heteroatoms. The maximum absolute atomic E-state index is 3.22. The molecule has 0 aliphatic rings. The first kappa shape index (κ1) is 17.9. The first-order valence-corrected chi connectivity index (χ1v) is 9.64. The molecule has 0 saturated heterocycles. The van der Waals surface area contributed by atoms with Crippen LogP contribution in [-0.2, 0) is 19.3 Å². The number of rotatable bonds is 7. The van der Waals surface area contributed by atoms with Crippen LogP contribution in [0.2, 0.25) is 0 Å². The van der Waals surface area contributed by atoms with Crippen molar-refractivity contribution < 1.29 is 0 Å². The van der Waals surface area contributed by atoms with Crippen molar-refractivity contribution in [2.24, 2.45) is 5.92 Å². The van der Waals surface area contributed by atoms with Crippen molar-refractivity contribution >= 4 is 9.24 Å². The van der Waals surface area contributed by atoms with E-state index >= 15 is 0 Å². The Kier molecular flexibility index (Phi) is 6.05. The summed E-state index contributed by atoms with van der Waals surface area (Å²) in [6.45, 7) is 2.39.